The first-order valence-corrected chi connectivity index (χ1v) is 4.30. The Bertz CT molecular complexity index is 100.0. The van der Waals surface area contributed by atoms with Crippen molar-refractivity contribution in [3.63, 3.8) is 0 Å². The van der Waals surface area contributed by atoms with E-state index in [1.165, 1.54) is 0 Å². The minimum Gasteiger partial charge on any atom is -0.811 e. The Balaban J connectivity index is 0. The van der Waals surface area contributed by atoms with Gasteiger partial charge in [0.25, 0.3) is 0 Å². The van der Waals surface area contributed by atoms with Crippen LogP contribution in [0.2, 0.25) is 0 Å². The average molecular weight is 195 g/mol. The fraction of sp³-hybridized carbons (Fsp3) is 1.00. The minimum atomic E-state index is -4.18. The Morgan fingerprint density at radius 3 is 2.00 bits per heavy atom. The molecular formula is C4H9NiO3P. The molecule has 0 aromatic carbocycles. The summed E-state index contributed by atoms with van der Waals surface area (Å²) in [7, 11) is -4.18. The smallest absolute Gasteiger partial charge is 0.811 e. The van der Waals surface area contributed by atoms with Gasteiger partial charge in [-0.2, -0.15) is 0 Å². The normalized spacial score (nSPS) is 10.6. The SMILES string of the molecule is CCCCP(=O)([O-])[O-].[Ni+2]. The van der Waals surface area contributed by atoms with Crippen molar-refractivity contribution in [1.29, 1.82) is 0 Å². The van der Waals surface area contributed by atoms with E-state index in [0.29, 0.717) is 6.42 Å². The average Bonchev–Trinajstić information content (AvgIpc) is 1.59. The van der Waals surface area contributed by atoms with Crippen LogP contribution in [0.4, 0.5) is 0 Å². The van der Waals surface area contributed by atoms with Crippen LogP contribution in [0.3, 0.4) is 0 Å². The van der Waals surface area contributed by atoms with Crippen LogP contribution in [0.1, 0.15) is 19.8 Å². The first kappa shape index (κ1) is 12.3. The third kappa shape index (κ3) is 12.0. The van der Waals surface area contributed by atoms with Crippen LogP contribution in [-0.4, -0.2) is 6.16 Å². The van der Waals surface area contributed by atoms with Crippen molar-refractivity contribution in [1.82, 2.24) is 0 Å². The van der Waals surface area contributed by atoms with Gasteiger partial charge in [0, 0.05) is 0 Å². The van der Waals surface area contributed by atoms with Crippen LogP contribution in [0.25, 0.3) is 0 Å². The van der Waals surface area contributed by atoms with Crippen molar-refractivity contribution in [3.05, 3.63) is 0 Å². The predicted molar refractivity (Wildman–Crippen MR) is 27.4 cm³/mol. The molecule has 0 aromatic rings. The molecule has 0 rings (SSSR count). The number of hydrogen-bond acceptors (Lipinski definition) is 3. The van der Waals surface area contributed by atoms with E-state index >= 15 is 0 Å². The second-order valence-corrected chi connectivity index (χ2v) is 3.36. The molecule has 0 saturated carbocycles. The van der Waals surface area contributed by atoms with Crippen molar-refractivity contribution in [2.75, 3.05) is 6.16 Å². The standard InChI is InChI=1S/C4H11O3P.Ni/c1-2-3-4-8(5,6)7;/h2-4H2,1H3,(H2,5,6,7);/q;+2/p-2. The summed E-state index contributed by atoms with van der Waals surface area (Å²) < 4.78 is 9.86. The Morgan fingerprint density at radius 1 is 1.44 bits per heavy atom. The molecule has 0 saturated heterocycles. The molecule has 0 aromatic heterocycles. The first-order chi connectivity index (χ1) is 3.56. The zero-order valence-electron chi connectivity index (χ0n) is 5.11. The molecule has 5 heteroatoms. The maximum absolute atomic E-state index is 9.86. The molecule has 0 aliphatic heterocycles. The summed E-state index contributed by atoms with van der Waals surface area (Å²) in [5.74, 6) is 0. The van der Waals surface area contributed by atoms with E-state index in [-0.39, 0.29) is 22.7 Å². The monoisotopic (exact) mass is 194 g/mol. The molecule has 0 aliphatic rings. The molecule has 0 N–H and O–H groups in total. The molecule has 0 fully saturated rings. The molecule has 58 valence electrons. The summed E-state index contributed by atoms with van der Waals surface area (Å²) in [6.07, 6.45) is 1.06. The molecule has 0 spiro atoms. The van der Waals surface area contributed by atoms with Crippen molar-refractivity contribution in [2.24, 2.45) is 0 Å². The van der Waals surface area contributed by atoms with Crippen LogP contribution >= 0.6 is 7.60 Å². The van der Waals surface area contributed by atoms with Gasteiger partial charge in [-0.1, -0.05) is 20.9 Å². The van der Waals surface area contributed by atoms with Crippen LogP contribution in [0, 0.1) is 0 Å². The van der Waals surface area contributed by atoms with E-state index in [1.54, 1.807) is 0 Å². The Morgan fingerprint density at radius 2 is 1.89 bits per heavy atom. The van der Waals surface area contributed by atoms with Crippen molar-refractivity contribution < 1.29 is 30.8 Å². The van der Waals surface area contributed by atoms with Gasteiger partial charge in [-0.25, -0.2) is 0 Å². The van der Waals surface area contributed by atoms with Crippen molar-refractivity contribution in [3.8, 4) is 0 Å². The fourth-order valence-corrected chi connectivity index (χ4v) is 1.06. The minimum absolute atomic E-state index is 0. The molecule has 0 bridgehead atoms. The zero-order chi connectivity index (χ0) is 6.62. The summed E-state index contributed by atoms with van der Waals surface area (Å²) in [5, 5.41) is 0. The third-order valence-electron chi connectivity index (χ3n) is 0.786. The van der Waals surface area contributed by atoms with Crippen LogP contribution < -0.4 is 9.79 Å². The largest absolute Gasteiger partial charge is 2.00 e. The van der Waals surface area contributed by atoms with Gasteiger partial charge >= 0.3 is 16.5 Å². The summed E-state index contributed by atoms with van der Waals surface area (Å²) in [6.45, 7) is 1.84. The molecule has 0 radical (unpaired) electrons. The Labute approximate surface area is 64.9 Å². The molecule has 0 unspecified atom stereocenters. The topological polar surface area (TPSA) is 63.2 Å². The van der Waals surface area contributed by atoms with Gasteiger partial charge in [0.2, 0.25) is 0 Å². The number of rotatable bonds is 3. The summed E-state index contributed by atoms with van der Waals surface area (Å²) in [5.41, 5.74) is 0. The van der Waals surface area contributed by atoms with Gasteiger partial charge in [-0.3, -0.25) is 0 Å². The van der Waals surface area contributed by atoms with Gasteiger partial charge in [0.15, 0.2) is 0 Å². The van der Waals surface area contributed by atoms with Crippen LogP contribution in [-0.2, 0) is 21.1 Å². The second-order valence-electron chi connectivity index (χ2n) is 1.69. The molecule has 0 amide bonds. The fourth-order valence-electron chi connectivity index (χ4n) is 0.352. The molecular weight excluding hydrogens is 186 g/mol. The van der Waals surface area contributed by atoms with Gasteiger partial charge in [0.05, 0.1) is 0 Å². The second kappa shape index (κ2) is 5.43. The van der Waals surface area contributed by atoms with Crippen molar-refractivity contribution in [2.45, 2.75) is 19.8 Å². The van der Waals surface area contributed by atoms with Gasteiger partial charge in [-0.05, 0) is 12.6 Å². The summed E-state index contributed by atoms with van der Waals surface area (Å²) in [6, 6.07) is 0. The summed E-state index contributed by atoms with van der Waals surface area (Å²) in [4.78, 5) is 19.7. The molecule has 3 nitrogen and oxygen atoms in total. The van der Waals surface area contributed by atoms with Crippen LogP contribution in [0.5, 0.6) is 0 Å². The maximum atomic E-state index is 9.86. The zero-order valence-corrected chi connectivity index (χ0v) is 6.99. The number of unbranched alkanes of at least 4 members (excludes halogenated alkanes) is 1. The number of hydrogen-bond donors (Lipinski definition) is 0. The maximum Gasteiger partial charge on any atom is 2.00 e. The van der Waals surface area contributed by atoms with Crippen LogP contribution in [0.15, 0.2) is 0 Å². The van der Waals surface area contributed by atoms with Gasteiger partial charge < -0.3 is 14.4 Å². The first-order valence-electron chi connectivity index (χ1n) is 2.57. The van der Waals surface area contributed by atoms with Crippen molar-refractivity contribution >= 4 is 7.60 Å². The van der Waals surface area contributed by atoms with Gasteiger partial charge in [0.1, 0.15) is 0 Å². The molecule has 9 heavy (non-hydrogen) atoms. The predicted octanol–water partition coefficient (Wildman–Crippen LogP) is -0.302. The Kier molecular flexibility index (Phi) is 7.44. The van der Waals surface area contributed by atoms with E-state index in [9.17, 15) is 14.4 Å². The quantitative estimate of drug-likeness (QED) is 0.458. The Hall–Kier alpha value is 0.644. The van der Waals surface area contributed by atoms with E-state index in [1.807, 2.05) is 6.92 Å². The third-order valence-corrected chi connectivity index (χ3v) is 1.65. The van der Waals surface area contributed by atoms with E-state index < -0.39 is 7.60 Å². The summed E-state index contributed by atoms with van der Waals surface area (Å²) >= 11 is 0. The van der Waals surface area contributed by atoms with Gasteiger partial charge in [-0.15, -0.1) is 0 Å². The van der Waals surface area contributed by atoms with E-state index in [2.05, 4.69) is 0 Å². The van der Waals surface area contributed by atoms with E-state index in [0.717, 1.165) is 6.42 Å². The molecule has 0 aliphatic carbocycles. The van der Waals surface area contributed by atoms with E-state index in [4.69, 9.17) is 0 Å². The molecule has 0 atom stereocenters. The molecule has 0 heterocycles.